The fourth-order valence-corrected chi connectivity index (χ4v) is 3.42. The first-order chi connectivity index (χ1) is 11.5. The number of thioether (sulfide) groups is 1. The Labute approximate surface area is 151 Å². The van der Waals surface area contributed by atoms with E-state index in [-0.39, 0.29) is 5.91 Å². The van der Waals surface area contributed by atoms with Gasteiger partial charge in [0.25, 0.3) is 5.91 Å². The van der Waals surface area contributed by atoms with E-state index in [0.717, 1.165) is 16.9 Å². The molecule has 1 saturated heterocycles. The average molecular weight is 355 g/mol. The topological polar surface area (TPSA) is 29.5 Å². The zero-order valence-corrected chi connectivity index (χ0v) is 15.1. The number of benzene rings is 2. The van der Waals surface area contributed by atoms with Gasteiger partial charge in [0, 0.05) is 7.05 Å². The van der Waals surface area contributed by atoms with Crippen molar-refractivity contribution in [1.29, 1.82) is 0 Å². The predicted octanol–water partition coefficient (Wildman–Crippen LogP) is 4.41. The quantitative estimate of drug-likeness (QED) is 0.600. The van der Waals surface area contributed by atoms with Crippen molar-refractivity contribution in [3.8, 4) is 5.75 Å². The Kier molecular flexibility index (Phi) is 5.02. The third-order valence-electron chi connectivity index (χ3n) is 3.67. The van der Waals surface area contributed by atoms with Crippen molar-refractivity contribution in [3.05, 3.63) is 70.1 Å². The van der Waals surface area contributed by atoms with Crippen LogP contribution < -0.4 is 4.74 Å². The number of thiocarbonyl (C=S) groups is 1. The molecule has 1 fully saturated rings. The van der Waals surface area contributed by atoms with E-state index < -0.39 is 0 Å². The SMILES string of the molecule is Cc1ccc(COc2cccc(/C=C3/SC(=S)N(C)C3=O)c2)cc1. The van der Waals surface area contributed by atoms with Crippen LogP contribution in [0.15, 0.2) is 53.4 Å². The lowest BCUT2D eigenvalue weighted by Gasteiger charge is -2.07. The Balaban J connectivity index is 1.71. The first-order valence-corrected chi connectivity index (χ1v) is 8.75. The molecule has 0 radical (unpaired) electrons. The van der Waals surface area contributed by atoms with Crippen LogP contribution in [-0.4, -0.2) is 22.2 Å². The van der Waals surface area contributed by atoms with Crippen molar-refractivity contribution in [2.24, 2.45) is 0 Å². The van der Waals surface area contributed by atoms with Crippen LogP contribution in [0.4, 0.5) is 0 Å². The van der Waals surface area contributed by atoms with Crippen molar-refractivity contribution in [2.45, 2.75) is 13.5 Å². The van der Waals surface area contributed by atoms with E-state index in [1.54, 1.807) is 7.05 Å². The van der Waals surface area contributed by atoms with Gasteiger partial charge in [-0.3, -0.25) is 9.69 Å². The summed E-state index contributed by atoms with van der Waals surface area (Å²) in [7, 11) is 1.69. The van der Waals surface area contributed by atoms with E-state index in [1.807, 2.05) is 30.3 Å². The van der Waals surface area contributed by atoms with Crippen molar-refractivity contribution >= 4 is 40.3 Å². The van der Waals surface area contributed by atoms with Crippen LogP contribution in [0.5, 0.6) is 5.75 Å². The third kappa shape index (κ3) is 3.86. The largest absolute Gasteiger partial charge is 0.489 e. The highest BCUT2D eigenvalue weighted by Gasteiger charge is 2.28. The highest BCUT2D eigenvalue weighted by atomic mass is 32.2. The number of hydrogen-bond acceptors (Lipinski definition) is 4. The molecule has 0 aromatic heterocycles. The molecule has 2 aromatic carbocycles. The van der Waals surface area contributed by atoms with Gasteiger partial charge in [-0.05, 0) is 36.3 Å². The minimum atomic E-state index is -0.0593. The predicted molar refractivity (Wildman–Crippen MR) is 103 cm³/mol. The lowest BCUT2D eigenvalue weighted by atomic mass is 10.1. The van der Waals surface area contributed by atoms with Crippen molar-refractivity contribution in [1.82, 2.24) is 4.90 Å². The molecule has 1 heterocycles. The van der Waals surface area contributed by atoms with Gasteiger partial charge >= 0.3 is 0 Å². The minimum absolute atomic E-state index is 0.0593. The van der Waals surface area contributed by atoms with Crippen LogP contribution in [0.25, 0.3) is 6.08 Å². The summed E-state index contributed by atoms with van der Waals surface area (Å²) in [4.78, 5) is 14.2. The van der Waals surface area contributed by atoms with E-state index in [1.165, 1.54) is 22.2 Å². The van der Waals surface area contributed by atoms with E-state index in [9.17, 15) is 4.79 Å². The molecule has 0 aliphatic carbocycles. The standard InChI is InChI=1S/C19H17NO2S2/c1-13-6-8-14(9-7-13)12-22-16-5-3-4-15(10-16)11-17-18(21)20(2)19(23)24-17/h3-11H,12H2,1-2H3/b17-11+. The van der Waals surface area contributed by atoms with E-state index in [0.29, 0.717) is 15.8 Å². The van der Waals surface area contributed by atoms with Crippen LogP contribution in [-0.2, 0) is 11.4 Å². The number of nitrogens with zero attached hydrogens (tertiary/aromatic N) is 1. The maximum atomic E-state index is 12.1. The molecule has 0 N–H and O–H groups in total. The van der Waals surface area contributed by atoms with Crippen molar-refractivity contribution < 1.29 is 9.53 Å². The van der Waals surface area contributed by atoms with E-state index in [4.69, 9.17) is 17.0 Å². The summed E-state index contributed by atoms with van der Waals surface area (Å²) in [6, 6.07) is 16.0. The highest BCUT2D eigenvalue weighted by molar-refractivity contribution is 8.26. The molecule has 3 nitrogen and oxygen atoms in total. The molecule has 0 saturated carbocycles. The van der Waals surface area contributed by atoms with Gasteiger partial charge in [0.15, 0.2) is 0 Å². The Bertz CT molecular complexity index is 812. The Hall–Kier alpha value is -2.11. The second-order valence-corrected chi connectivity index (χ2v) is 7.26. The Morgan fingerprint density at radius 3 is 2.62 bits per heavy atom. The molecule has 3 rings (SSSR count). The van der Waals surface area contributed by atoms with Crippen molar-refractivity contribution in [3.63, 3.8) is 0 Å². The fraction of sp³-hybridized carbons (Fsp3) is 0.158. The van der Waals surface area contributed by atoms with Crippen LogP contribution in [0, 0.1) is 6.92 Å². The van der Waals surface area contributed by atoms with Gasteiger partial charge in [0.05, 0.1) is 4.91 Å². The third-order valence-corrected chi connectivity index (χ3v) is 5.15. The van der Waals surface area contributed by atoms with Crippen LogP contribution in [0.3, 0.4) is 0 Å². The molecule has 1 amide bonds. The first kappa shape index (κ1) is 16.7. The lowest BCUT2D eigenvalue weighted by Crippen LogP contribution is -2.22. The summed E-state index contributed by atoms with van der Waals surface area (Å²) in [6.45, 7) is 2.58. The van der Waals surface area contributed by atoms with Crippen LogP contribution in [0.2, 0.25) is 0 Å². The molecule has 0 unspecified atom stereocenters. The molecular formula is C19H17NO2S2. The number of likely N-dealkylation sites (N-methyl/N-ethyl adjacent to an activating group) is 1. The molecule has 0 bridgehead atoms. The summed E-state index contributed by atoms with van der Waals surface area (Å²) in [5.41, 5.74) is 3.28. The van der Waals surface area contributed by atoms with Gasteiger partial charge < -0.3 is 4.74 Å². The van der Waals surface area contributed by atoms with Gasteiger partial charge in [-0.25, -0.2) is 0 Å². The number of hydrogen-bond donors (Lipinski definition) is 0. The summed E-state index contributed by atoms with van der Waals surface area (Å²) < 4.78 is 6.43. The molecule has 1 aliphatic heterocycles. The number of ether oxygens (including phenoxy) is 1. The second kappa shape index (κ2) is 7.20. The molecular weight excluding hydrogens is 338 g/mol. The van der Waals surface area contributed by atoms with Gasteiger partial charge in [-0.1, -0.05) is 65.9 Å². The zero-order chi connectivity index (χ0) is 17.1. The normalized spacial score (nSPS) is 16.1. The fourth-order valence-electron chi connectivity index (χ4n) is 2.24. The van der Waals surface area contributed by atoms with Crippen LogP contribution in [0.1, 0.15) is 16.7 Å². The Morgan fingerprint density at radius 1 is 1.21 bits per heavy atom. The van der Waals surface area contributed by atoms with Gasteiger partial charge in [-0.2, -0.15) is 0 Å². The molecule has 24 heavy (non-hydrogen) atoms. The zero-order valence-electron chi connectivity index (χ0n) is 13.5. The number of aryl methyl sites for hydroxylation is 1. The maximum Gasteiger partial charge on any atom is 0.265 e. The van der Waals surface area contributed by atoms with E-state index in [2.05, 4.69) is 31.2 Å². The summed E-state index contributed by atoms with van der Waals surface area (Å²) in [5.74, 6) is 0.715. The lowest BCUT2D eigenvalue weighted by molar-refractivity contribution is -0.121. The molecule has 5 heteroatoms. The van der Waals surface area contributed by atoms with E-state index >= 15 is 0 Å². The van der Waals surface area contributed by atoms with Gasteiger partial charge in [0.1, 0.15) is 16.7 Å². The Morgan fingerprint density at radius 2 is 1.96 bits per heavy atom. The summed E-state index contributed by atoms with van der Waals surface area (Å²) in [6.07, 6.45) is 1.85. The molecule has 0 atom stereocenters. The molecule has 2 aromatic rings. The number of amides is 1. The average Bonchev–Trinajstić information content (AvgIpc) is 2.82. The first-order valence-electron chi connectivity index (χ1n) is 7.53. The van der Waals surface area contributed by atoms with Crippen LogP contribution >= 0.6 is 24.0 Å². The maximum absolute atomic E-state index is 12.1. The summed E-state index contributed by atoms with van der Waals surface area (Å²) >= 11 is 6.47. The monoisotopic (exact) mass is 355 g/mol. The number of carbonyl (C=O) groups is 1. The molecule has 122 valence electrons. The molecule has 0 spiro atoms. The molecule has 1 aliphatic rings. The summed E-state index contributed by atoms with van der Waals surface area (Å²) in [5, 5.41) is 0. The minimum Gasteiger partial charge on any atom is -0.489 e. The van der Waals surface area contributed by atoms with Crippen molar-refractivity contribution in [2.75, 3.05) is 7.05 Å². The van der Waals surface area contributed by atoms with Gasteiger partial charge in [-0.15, -0.1) is 0 Å². The smallest absolute Gasteiger partial charge is 0.265 e. The second-order valence-electron chi connectivity index (χ2n) is 5.59. The highest BCUT2D eigenvalue weighted by Crippen LogP contribution is 2.31. The number of rotatable bonds is 4. The number of carbonyl (C=O) groups excluding carboxylic acids is 1. The van der Waals surface area contributed by atoms with Gasteiger partial charge in [0.2, 0.25) is 0 Å².